The minimum atomic E-state index is -1.34. The minimum Gasteiger partial charge on any atom is -0.371 e. The number of aromatic nitrogens is 1. The lowest BCUT2D eigenvalue weighted by molar-refractivity contribution is -0.138. The molecule has 5 rings (SSSR count). The maximum absolute atomic E-state index is 14.7. The summed E-state index contributed by atoms with van der Waals surface area (Å²) < 4.78 is 0. The first kappa shape index (κ1) is 47.4. The predicted octanol–water partition coefficient (Wildman–Crippen LogP) is 2.06. The van der Waals surface area contributed by atoms with Gasteiger partial charge in [0.25, 0.3) is 0 Å². The van der Waals surface area contributed by atoms with Crippen LogP contribution in [0.5, 0.6) is 0 Å². The Morgan fingerprint density at radius 2 is 1.44 bits per heavy atom. The Balaban J connectivity index is 1.41. The first-order valence-electron chi connectivity index (χ1n) is 21.2. The molecule has 1 saturated heterocycles. The van der Waals surface area contributed by atoms with Crippen LogP contribution in [0, 0.1) is 0 Å². The summed E-state index contributed by atoms with van der Waals surface area (Å²) in [6.07, 6.45) is 4.29. The molecule has 18 heteroatoms. The van der Waals surface area contributed by atoms with Gasteiger partial charge in [-0.2, -0.15) is 0 Å². The lowest BCUT2D eigenvalue weighted by Gasteiger charge is -2.42. The molecule has 3 atom stereocenters. The summed E-state index contributed by atoms with van der Waals surface area (Å²) in [7, 11) is 0. The third-order valence-corrected chi connectivity index (χ3v) is 11.3. The van der Waals surface area contributed by atoms with Crippen LogP contribution in [0.2, 0.25) is 5.02 Å². The van der Waals surface area contributed by atoms with Crippen LogP contribution in [-0.4, -0.2) is 96.2 Å². The van der Waals surface area contributed by atoms with Crippen LogP contribution < -0.4 is 48.7 Å². The molecule has 63 heavy (non-hydrogen) atoms. The van der Waals surface area contributed by atoms with E-state index in [0.29, 0.717) is 24.5 Å². The van der Waals surface area contributed by atoms with Crippen molar-refractivity contribution in [3.63, 3.8) is 0 Å². The highest BCUT2D eigenvalue weighted by Gasteiger charge is 2.44. The quantitative estimate of drug-likeness (QED) is 0.0317. The summed E-state index contributed by atoms with van der Waals surface area (Å²) in [6, 6.07) is 20.3. The number of nitrogens with zero attached hydrogens (tertiary/aromatic N) is 2. The van der Waals surface area contributed by atoms with Crippen LogP contribution in [-0.2, 0) is 41.6 Å². The van der Waals surface area contributed by atoms with Gasteiger partial charge in [0.05, 0.1) is 6.54 Å². The van der Waals surface area contributed by atoms with E-state index in [4.69, 9.17) is 28.8 Å². The van der Waals surface area contributed by atoms with Crippen molar-refractivity contribution in [2.75, 3.05) is 31.1 Å². The number of aliphatic imine (C=N–C) groups is 1. The Labute approximate surface area is 371 Å². The van der Waals surface area contributed by atoms with Gasteiger partial charge in [-0.25, -0.2) is 0 Å². The largest absolute Gasteiger partial charge is 0.371 e. The second-order valence-corrected chi connectivity index (χ2v) is 16.2. The standard InChI is InChI=1S/C45H58ClN11O6/c1-2-3-15-39(59)56-45(20-23-57(24-21-45)32-18-16-31(46)17-19-32)43(63)55-36(25-29-10-5-4-6-11-29)42(62)53-35(14-9-22-50-44(48)49)41(61)54-37(40(60)52-28-38(47)58)26-30-27-51-34-13-8-7-12-33(30)34/h4-8,10-13,16-19,27,35-37,51H,2-3,9,14-15,20-26,28H2,1H3,(H2,47,58)(H,52,60)(H,53,62)(H,54,61)(H,55,63)(H,56,59)(H4,48,49,50)/t35-,36+,37-/m0/s1. The van der Waals surface area contributed by atoms with Gasteiger partial charge in [0.2, 0.25) is 35.4 Å². The number of guanidine groups is 1. The first-order valence-corrected chi connectivity index (χ1v) is 21.6. The number of anilines is 1. The number of amides is 6. The second kappa shape index (κ2) is 23.0. The molecule has 1 fully saturated rings. The van der Waals surface area contributed by atoms with Gasteiger partial charge in [0.15, 0.2) is 5.96 Å². The lowest BCUT2D eigenvalue weighted by atomic mass is 9.85. The highest BCUT2D eigenvalue weighted by Crippen LogP contribution is 2.29. The molecule has 12 N–H and O–H groups in total. The van der Waals surface area contributed by atoms with E-state index in [0.717, 1.165) is 34.1 Å². The summed E-state index contributed by atoms with van der Waals surface area (Å²) in [5, 5.41) is 15.5. The number of nitrogens with two attached hydrogens (primary N) is 3. The van der Waals surface area contributed by atoms with Crippen molar-refractivity contribution < 1.29 is 28.8 Å². The number of piperidine rings is 1. The third kappa shape index (κ3) is 13.9. The Bertz CT molecular complexity index is 2220. The summed E-state index contributed by atoms with van der Waals surface area (Å²) in [6.45, 7) is 2.52. The van der Waals surface area contributed by atoms with Crippen molar-refractivity contribution in [3.8, 4) is 0 Å². The molecule has 6 amide bonds. The second-order valence-electron chi connectivity index (χ2n) is 15.7. The number of benzene rings is 3. The van der Waals surface area contributed by atoms with Gasteiger partial charge >= 0.3 is 0 Å². The Kier molecular flexibility index (Phi) is 17.3. The zero-order chi connectivity index (χ0) is 45.4. The van der Waals surface area contributed by atoms with Crippen LogP contribution in [0.4, 0.5) is 5.69 Å². The van der Waals surface area contributed by atoms with Gasteiger partial charge in [-0.15, -0.1) is 0 Å². The molecule has 0 unspecified atom stereocenters. The number of carbonyl (C=O) groups is 6. The van der Waals surface area contributed by atoms with Crippen molar-refractivity contribution in [2.45, 2.75) is 88.4 Å². The number of unbranched alkanes of at least 4 members (excludes halogenated alkanes) is 1. The smallest absolute Gasteiger partial charge is 0.246 e. The number of para-hydroxylation sites is 1. The van der Waals surface area contributed by atoms with Gasteiger partial charge in [-0.1, -0.05) is 73.5 Å². The number of fused-ring (bicyclic) bond motifs is 1. The zero-order valence-electron chi connectivity index (χ0n) is 35.5. The first-order chi connectivity index (χ1) is 30.3. The molecule has 2 heterocycles. The molecule has 0 radical (unpaired) electrons. The van der Waals surface area contributed by atoms with Gasteiger partial charge in [0, 0.05) is 66.7 Å². The van der Waals surface area contributed by atoms with Crippen molar-refractivity contribution >= 4 is 69.6 Å². The molecule has 17 nitrogen and oxygen atoms in total. The van der Waals surface area contributed by atoms with Gasteiger partial charge < -0.3 is 53.7 Å². The zero-order valence-corrected chi connectivity index (χ0v) is 36.2. The maximum Gasteiger partial charge on any atom is 0.246 e. The average Bonchev–Trinajstić information content (AvgIpc) is 3.68. The highest BCUT2D eigenvalue weighted by atomic mass is 35.5. The molecule has 336 valence electrons. The normalized spacial score (nSPS) is 14.7. The molecule has 0 saturated carbocycles. The molecule has 1 aliphatic heterocycles. The van der Waals surface area contributed by atoms with Crippen LogP contribution in [0.3, 0.4) is 0 Å². The Morgan fingerprint density at radius 1 is 0.794 bits per heavy atom. The molecule has 0 aliphatic carbocycles. The number of aromatic amines is 1. The number of carbonyl (C=O) groups excluding carboxylic acids is 6. The number of nitrogens with one attached hydrogen (secondary N) is 6. The summed E-state index contributed by atoms with van der Waals surface area (Å²) in [5.74, 6) is -3.76. The van der Waals surface area contributed by atoms with E-state index in [2.05, 4.69) is 41.5 Å². The molecule has 0 spiro atoms. The van der Waals surface area contributed by atoms with Crippen molar-refractivity contribution in [3.05, 3.63) is 101 Å². The van der Waals surface area contributed by atoms with Crippen molar-refractivity contribution in [1.82, 2.24) is 31.6 Å². The molecule has 1 aromatic heterocycles. The van der Waals surface area contributed by atoms with Crippen LogP contribution in [0.25, 0.3) is 10.9 Å². The van der Waals surface area contributed by atoms with E-state index in [1.165, 1.54) is 0 Å². The molecule has 0 bridgehead atoms. The summed E-state index contributed by atoms with van der Waals surface area (Å²) in [4.78, 5) is 91.2. The molecule has 1 aliphatic rings. The van der Waals surface area contributed by atoms with E-state index in [1.807, 2.05) is 73.7 Å². The molecular weight excluding hydrogens is 826 g/mol. The fourth-order valence-electron chi connectivity index (χ4n) is 7.57. The lowest BCUT2D eigenvalue weighted by Crippen LogP contribution is -2.66. The number of rotatable bonds is 22. The molecule has 4 aromatic rings. The fraction of sp³-hybridized carbons (Fsp3) is 0.400. The van der Waals surface area contributed by atoms with Crippen LogP contribution in [0.1, 0.15) is 63.0 Å². The Morgan fingerprint density at radius 3 is 2.13 bits per heavy atom. The van der Waals surface area contributed by atoms with Gasteiger partial charge in [-0.3, -0.25) is 33.8 Å². The SMILES string of the molecule is CCCCC(=O)NC1(C(=O)N[C@H](Cc2ccccc2)C(=O)N[C@@H](CCCN=C(N)N)C(=O)N[C@@H](Cc2c[nH]c3ccccc23)C(=O)NCC(N)=O)CCN(c2ccc(Cl)cc2)CC1. The van der Waals surface area contributed by atoms with E-state index >= 15 is 0 Å². The van der Waals surface area contributed by atoms with Crippen molar-refractivity contribution in [1.29, 1.82) is 0 Å². The molecular formula is C45H58ClN11O6. The number of H-pyrrole nitrogens is 1. The van der Waals surface area contributed by atoms with Gasteiger partial charge in [0.1, 0.15) is 23.7 Å². The van der Waals surface area contributed by atoms with Gasteiger partial charge in [-0.05, 0) is 73.6 Å². The number of primary amides is 1. The monoisotopic (exact) mass is 883 g/mol. The van der Waals surface area contributed by atoms with E-state index in [-0.39, 0.29) is 63.4 Å². The van der Waals surface area contributed by atoms with E-state index < -0.39 is 59.7 Å². The average molecular weight is 884 g/mol. The highest BCUT2D eigenvalue weighted by molar-refractivity contribution is 6.30. The number of halogens is 1. The summed E-state index contributed by atoms with van der Waals surface area (Å²) >= 11 is 6.14. The van der Waals surface area contributed by atoms with Crippen molar-refractivity contribution in [2.24, 2.45) is 22.2 Å². The minimum absolute atomic E-state index is 0.0310. The van der Waals surface area contributed by atoms with Crippen LogP contribution in [0.15, 0.2) is 90.1 Å². The third-order valence-electron chi connectivity index (χ3n) is 11.0. The molecule has 3 aromatic carbocycles. The predicted molar refractivity (Wildman–Crippen MR) is 243 cm³/mol. The topological polar surface area (TPSA) is 272 Å². The Hall–Kier alpha value is -6.62. The fourth-order valence-corrected chi connectivity index (χ4v) is 7.70. The van der Waals surface area contributed by atoms with E-state index in [1.54, 1.807) is 18.3 Å². The maximum atomic E-state index is 14.7. The number of hydrogen-bond acceptors (Lipinski definition) is 8. The number of hydrogen-bond donors (Lipinski definition) is 9. The van der Waals surface area contributed by atoms with E-state index in [9.17, 15) is 28.8 Å². The van der Waals surface area contributed by atoms with Crippen LogP contribution >= 0.6 is 11.6 Å². The summed E-state index contributed by atoms with van der Waals surface area (Å²) in [5.41, 5.74) is 18.3.